The van der Waals surface area contributed by atoms with Gasteiger partial charge >= 0.3 is 0 Å². The molecule has 1 heterocycles. The SMILES string of the molecule is OC1CCCC1CCN1CCCCC1. The zero-order valence-electron chi connectivity index (χ0n) is 9.12. The number of hydrogen-bond donors (Lipinski definition) is 1. The molecule has 14 heavy (non-hydrogen) atoms. The van der Waals surface area contributed by atoms with Crippen LogP contribution >= 0.6 is 0 Å². The maximum absolute atomic E-state index is 9.70. The van der Waals surface area contributed by atoms with Gasteiger partial charge in [-0.3, -0.25) is 0 Å². The molecule has 2 unspecified atom stereocenters. The van der Waals surface area contributed by atoms with Gasteiger partial charge in [0.1, 0.15) is 0 Å². The summed E-state index contributed by atoms with van der Waals surface area (Å²) >= 11 is 0. The van der Waals surface area contributed by atoms with E-state index in [9.17, 15) is 5.11 Å². The molecule has 0 aromatic carbocycles. The largest absolute Gasteiger partial charge is 0.393 e. The second-order valence-electron chi connectivity index (χ2n) is 4.95. The van der Waals surface area contributed by atoms with E-state index in [4.69, 9.17) is 0 Å². The second kappa shape index (κ2) is 5.13. The van der Waals surface area contributed by atoms with Gasteiger partial charge in [0.05, 0.1) is 6.10 Å². The predicted molar refractivity (Wildman–Crippen MR) is 58.3 cm³/mol. The Hall–Kier alpha value is -0.0800. The summed E-state index contributed by atoms with van der Waals surface area (Å²) in [5.41, 5.74) is 0. The molecule has 1 saturated heterocycles. The van der Waals surface area contributed by atoms with Crippen LogP contribution in [0.5, 0.6) is 0 Å². The van der Waals surface area contributed by atoms with E-state index in [1.165, 1.54) is 58.2 Å². The standard InChI is InChI=1S/C12H23NO/c14-12-6-4-5-11(12)7-10-13-8-2-1-3-9-13/h11-12,14H,1-10H2. The molecule has 0 aromatic heterocycles. The van der Waals surface area contributed by atoms with Crippen molar-refractivity contribution in [3.05, 3.63) is 0 Å². The Morgan fingerprint density at radius 1 is 1.00 bits per heavy atom. The lowest BCUT2D eigenvalue weighted by Crippen LogP contribution is -2.32. The Bertz CT molecular complexity index is 166. The van der Waals surface area contributed by atoms with Crippen molar-refractivity contribution < 1.29 is 5.11 Å². The highest BCUT2D eigenvalue weighted by atomic mass is 16.3. The first-order chi connectivity index (χ1) is 6.86. The minimum absolute atomic E-state index is 0.0137. The minimum atomic E-state index is 0.0137. The molecular formula is C12H23NO. The van der Waals surface area contributed by atoms with Gasteiger partial charge in [-0.1, -0.05) is 12.8 Å². The average molecular weight is 197 g/mol. The molecule has 1 aliphatic heterocycles. The topological polar surface area (TPSA) is 23.5 Å². The molecule has 82 valence electrons. The maximum Gasteiger partial charge on any atom is 0.0568 e. The fourth-order valence-electron chi connectivity index (χ4n) is 2.89. The molecule has 1 N–H and O–H groups in total. The Balaban J connectivity index is 1.65. The number of piperidine rings is 1. The average Bonchev–Trinajstić information content (AvgIpc) is 2.63. The smallest absolute Gasteiger partial charge is 0.0568 e. The molecule has 2 atom stereocenters. The summed E-state index contributed by atoms with van der Waals surface area (Å²) in [5.74, 6) is 0.608. The molecule has 0 radical (unpaired) electrons. The van der Waals surface area contributed by atoms with Gasteiger partial charge in [-0.2, -0.15) is 0 Å². The van der Waals surface area contributed by atoms with E-state index in [0.717, 1.165) is 6.42 Å². The van der Waals surface area contributed by atoms with Gasteiger partial charge in [-0.15, -0.1) is 0 Å². The monoisotopic (exact) mass is 197 g/mol. The summed E-state index contributed by atoms with van der Waals surface area (Å²) in [6.45, 7) is 3.81. The third kappa shape index (κ3) is 2.71. The van der Waals surface area contributed by atoms with E-state index < -0.39 is 0 Å². The van der Waals surface area contributed by atoms with Crippen molar-refractivity contribution in [1.82, 2.24) is 4.90 Å². The van der Waals surface area contributed by atoms with Crippen LogP contribution in [0.15, 0.2) is 0 Å². The Kier molecular flexibility index (Phi) is 3.82. The Labute approximate surface area is 87.3 Å². The molecule has 1 saturated carbocycles. The van der Waals surface area contributed by atoms with E-state index in [-0.39, 0.29) is 6.10 Å². The summed E-state index contributed by atoms with van der Waals surface area (Å²) in [6.07, 6.45) is 8.97. The van der Waals surface area contributed by atoms with Crippen LogP contribution in [0.4, 0.5) is 0 Å². The fraction of sp³-hybridized carbons (Fsp3) is 1.00. The summed E-state index contributed by atoms with van der Waals surface area (Å²) in [4.78, 5) is 2.58. The normalized spacial score (nSPS) is 34.9. The second-order valence-corrected chi connectivity index (χ2v) is 4.95. The zero-order chi connectivity index (χ0) is 9.80. The first kappa shape index (κ1) is 10.4. The van der Waals surface area contributed by atoms with Crippen molar-refractivity contribution in [2.45, 2.75) is 51.0 Å². The third-order valence-electron chi connectivity index (χ3n) is 3.88. The molecule has 2 nitrogen and oxygen atoms in total. The highest BCUT2D eigenvalue weighted by molar-refractivity contribution is 4.78. The Morgan fingerprint density at radius 2 is 1.79 bits per heavy atom. The molecule has 0 bridgehead atoms. The van der Waals surface area contributed by atoms with Crippen molar-refractivity contribution in [2.75, 3.05) is 19.6 Å². The van der Waals surface area contributed by atoms with Gasteiger partial charge in [0.25, 0.3) is 0 Å². The van der Waals surface area contributed by atoms with Crippen LogP contribution in [0.2, 0.25) is 0 Å². The number of hydrogen-bond acceptors (Lipinski definition) is 2. The Morgan fingerprint density at radius 3 is 2.43 bits per heavy atom. The van der Waals surface area contributed by atoms with Gasteiger partial charge in [0, 0.05) is 0 Å². The molecule has 1 aliphatic carbocycles. The van der Waals surface area contributed by atoms with Crippen molar-refractivity contribution in [1.29, 1.82) is 0 Å². The molecule has 2 rings (SSSR count). The highest BCUT2D eigenvalue weighted by Gasteiger charge is 2.25. The molecule has 2 fully saturated rings. The van der Waals surface area contributed by atoms with Gasteiger partial charge in [0.2, 0.25) is 0 Å². The molecular weight excluding hydrogens is 174 g/mol. The summed E-state index contributed by atoms with van der Waals surface area (Å²) in [7, 11) is 0. The zero-order valence-corrected chi connectivity index (χ0v) is 9.12. The third-order valence-corrected chi connectivity index (χ3v) is 3.88. The van der Waals surface area contributed by atoms with E-state index >= 15 is 0 Å². The van der Waals surface area contributed by atoms with E-state index in [1.54, 1.807) is 0 Å². The van der Waals surface area contributed by atoms with E-state index in [0.29, 0.717) is 5.92 Å². The van der Waals surface area contributed by atoms with Crippen LogP contribution in [-0.4, -0.2) is 35.7 Å². The summed E-state index contributed by atoms with van der Waals surface area (Å²) < 4.78 is 0. The minimum Gasteiger partial charge on any atom is -0.393 e. The number of likely N-dealkylation sites (tertiary alicyclic amines) is 1. The lowest BCUT2D eigenvalue weighted by atomic mass is 10.0. The number of aliphatic hydroxyl groups is 1. The van der Waals surface area contributed by atoms with Crippen LogP contribution in [-0.2, 0) is 0 Å². The van der Waals surface area contributed by atoms with Crippen LogP contribution in [0.1, 0.15) is 44.9 Å². The van der Waals surface area contributed by atoms with E-state index in [2.05, 4.69) is 4.90 Å². The first-order valence-corrected chi connectivity index (χ1v) is 6.26. The molecule has 0 aromatic rings. The van der Waals surface area contributed by atoms with E-state index in [1.807, 2.05) is 0 Å². The van der Waals surface area contributed by atoms with Crippen LogP contribution < -0.4 is 0 Å². The van der Waals surface area contributed by atoms with Crippen LogP contribution in [0, 0.1) is 5.92 Å². The van der Waals surface area contributed by atoms with Crippen molar-refractivity contribution >= 4 is 0 Å². The van der Waals surface area contributed by atoms with Gasteiger partial charge in [-0.25, -0.2) is 0 Å². The van der Waals surface area contributed by atoms with Crippen molar-refractivity contribution in [3.8, 4) is 0 Å². The summed E-state index contributed by atoms with van der Waals surface area (Å²) in [5, 5.41) is 9.70. The highest BCUT2D eigenvalue weighted by Crippen LogP contribution is 2.28. The lowest BCUT2D eigenvalue weighted by molar-refractivity contribution is 0.114. The quantitative estimate of drug-likeness (QED) is 0.748. The van der Waals surface area contributed by atoms with Crippen molar-refractivity contribution in [2.24, 2.45) is 5.92 Å². The fourth-order valence-corrected chi connectivity index (χ4v) is 2.89. The van der Waals surface area contributed by atoms with Gasteiger partial charge in [-0.05, 0) is 57.7 Å². The maximum atomic E-state index is 9.70. The molecule has 2 aliphatic rings. The molecule has 2 heteroatoms. The number of rotatable bonds is 3. The number of aliphatic hydroxyl groups excluding tert-OH is 1. The van der Waals surface area contributed by atoms with Crippen molar-refractivity contribution in [3.63, 3.8) is 0 Å². The summed E-state index contributed by atoms with van der Waals surface area (Å²) in [6, 6.07) is 0. The van der Waals surface area contributed by atoms with Gasteiger partial charge in [0.15, 0.2) is 0 Å². The van der Waals surface area contributed by atoms with Gasteiger partial charge < -0.3 is 10.0 Å². The van der Waals surface area contributed by atoms with Crippen LogP contribution in [0.3, 0.4) is 0 Å². The molecule has 0 spiro atoms. The lowest BCUT2D eigenvalue weighted by Gasteiger charge is -2.28. The number of nitrogens with zero attached hydrogens (tertiary/aromatic N) is 1. The predicted octanol–water partition coefficient (Wildman–Crippen LogP) is 2.02. The first-order valence-electron chi connectivity index (χ1n) is 6.26. The van der Waals surface area contributed by atoms with Crippen LogP contribution in [0.25, 0.3) is 0 Å². The molecule has 0 amide bonds.